The van der Waals surface area contributed by atoms with Gasteiger partial charge in [0.2, 0.25) is 0 Å². The lowest BCUT2D eigenvalue weighted by Crippen LogP contribution is -2.22. The van der Waals surface area contributed by atoms with Gasteiger partial charge in [-0.1, -0.05) is 36.4 Å². The Hall–Kier alpha value is -4.83. The van der Waals surface area contributed by atoms with Gasteiger partial charge in [0.05, 0.1) is 13.0 Å². The monoisotopic (exact) mass is 576 g/mol. The number of aryl methyl sites for hydroxylation is 2. The number of esters is 2. The van der Waals surface area contributed by atoms with Crippen molar-refractivity contribution in [2.24, 2.45) is 5.92 Å². The topological polar surface area (TPSA) is 130 Å². The minimum atomic E-state index is -5.05. The van der Waals surface area contributed by atoms with Crippen LogP contribution in [0.4, 0.5) is 13.2 Å². The number of carbonyl (C=O) groups excluding carboxylic acids is 6. The van der Waals surface area contributed by atoms with Crippen molar-refractivity contribution >= 4 is 41.8 Å². The van der Waals surface area contributed by atoms with Crippen LogP contribution in [0.5, 0.6) is 11.5 Å². The summed E-state index contributed by atoms with van der Waals surface area (Å²) in [4.78, 5) is 64.9. The van der Waals surface area contributed by atoms with Crippen LogP contribution in [0, 0.1) is 19.8 Å². The summed E-state index contributed by atoms with van der Waals surface area (Å²) in [6, 6.07) is 8.91. The van der Waals surface area contributed by atoms with Gasteiger partial charge in [-0.25, -0.2) is 0 Å². The van der Waals surface area contributed by atoms with Crippen LogP contribution < -0.4 is 9.47 Å². The number of ketones is 2. The van der Waals surface area contributed by atoms with Crippen molar-refractivity contribution in [3.05, 3.63) is 70.8 Å². The Labute approximate surface area is 233 Å². The summed E-state index contributed by atoms with van der Waals surface area (Å²) in [5, 5.41) is 0. The molecule has 0 spiro atoms. The van der Waals surface area contributed by atoms with Crippen LogP contribution in [0.25, 0.3) is 12.2 Å². The van der Waals surface area contributed by atoms with E-state index < -0.39 is 47.3 Å². The molecule has 0 aliphatic carbocycles. The molecule has 0 aliphatic heterocycles. The Bertz CT molecular complexity index is 1350. The molecule has 1 atom stereocenters. The third-order valence-corrected chi connectivity index (χ3v) is 5.41. The van der Waals surface area contributed by atoms with E-state index in [2.05, 4.69) is 9.47 Å². The zero-order chi connectivity index (χ0) is 31.2. The van der Waals surface area contributed by atoms with Crippen molar-refractivity contribution < 1.29 is 56.1 Å². The molecule has 12 heteroatoms. The Kier molecular flexibility index (Phi) is 13.6. The number of benzene rings is 2. The Morgan fingerprint density at radius 2 is 1.41 bits per heavy atom. The van der Waals surface area contributed by atoms with E-state index in [1.165, 1.54) is 25.3 Å². The molecule has 2 aromatic rings. The fraction of sp³-hybridized carbons (Fsp3) is 0.276. The second-order valence-electron chi connectivity index (χ2n) is 8.41. The third-order valence-electron chi connectivity index (χ3n) is 5.41. The van der Waals surface area contributed by atoms with Crippen molar-refractivity contribution in [2.75, 3.05) is 7.11 Å². The number of rotatable bonds is 11. The fourth-order valence-electron chi connectivity index (χ4n) is 3.32. The minimum absolute atomic E-state index is 0.110. The fourth-order valence-corrected chi connectivity index (χ4v) is 3.32. The number of hydrogen-bond donors (Lipinski definition) is 0. The number of methoxy groups -OCH3 is 1. The van der Waals surface area contributed by atoms with E-state index in [1.807, 2.05) is 32.0 Å². The smallest absolute Gasteiger partial charge is 0.469 e. The van der Waals surface area contributed by atoms with E-state index in [9.17, 15) is 32.3 Å². The van der Waals surface area contributed by atoms with Crippen LogP contribution in [0.1, 0.15) is 42.0 Å². The maximum Gasteiger partial charge on any atom is 0.573 e. The molecule has 0 amide bonds. The quantitative estimate of drug-likeness (QED) is 0.157. The van der Waals surface area contributed by atoms with E-state index in [0.717, 1.165) is 41.8 Å². The van der Waals surface area contributed by atoms with Gasteiger partial charge in [0.25, 0.3) is 0 Å². The zero-order valence-corrected chi connectivity index (χ0v) is 22.6. The van der Waals surface area contributed by atoms with Crippen molar-refractivity contribution in [1.82, 2.24) is 0 Å². The lowest BCUT2D eigenvalue weighted by atomic mass is 9.92. The predicted molar refractivity (Wildman–Crippen MR) is 138 cm³/mol. The Balaban J connectivity index is 0.00000268. The molecule has 2 rings (SSSR count). The van der Waals surface area contributed by atoms with E-state index in [4.69, 9.17) is 14.3 Å². The average Bonchev–Trinajstić information content (AvgIpc) is 2.88. The lowest BCUT2D eigenvalue weighted by molar-refractivity contribution is -0.275. The Morgan fingerprint density at radius 1 is 0.878 bits per heavy atom. The minimum Gasteiger partial charge on any atom is -0.469 e. The van der Waals surface area contributed by atoms with Crippen molar-refractivity contribution in [2.45, 2.75) is 40.0 Å². The summed E-state index contributed by atoms with van der Waals surface area (Å²) in [5.74, 6) is -5.12. The molecule has 0 bridgehead atoms. The van der Waals surface area contributed by atoms with Crippen LogP contribution in [-0.2, 0) is 33.5 Å². The number of ether oxygens (including phenoxy) is 3. The molecule has 0 radical (unpaired) electrons. The van der Waals surface area contributed by atoms with Crippen molar-refractivity contribution in [3.8, 4) is 11.5 Å². The Morgan fingerprint density at radius 3 is 1.90 bits per heavy atom. The first kappa shape index (κ1) is 34.2. The van der Waals surface area contributed by atoms with Gasteiger partial charge in [-0.2, -0.15) is 9.59 Å². The first-order chi connectivity index (χ1) is 19.2. The summed E-state index contributed by atoms with van der Waals surface area (Å²) in [5.41, 5.74) is 2.96. The number of carbonyl (C=O) groups is 4. The first-order valence-electron chi connectivity index (χ1n) is 11.9. The van der Waals surface area contributed by atoms with Crippen LogP contribution >= 0.6 is 0 Å². The highest BCUT2D eigenvalue weighted by Gasteiger charge is 2.33. The van der Waals surface area contributed by atoms with E-state index in [1.54, 1.807) is 6.08 Å². The van der Waals surface area contributed by atoms with Gasteiger partial charge in [-0.15, -0.1) is 13.2 Å². The zero-order valence-electron chi connectivity index (χ0n) is 22.6. The highest BCUT2D eigenvalue weighted by molar-refractivity contribution is 6.13. The maximum absolute atomic E-state index is 12.9. The third kappa shape index (κ3) is 12.7. The van der Waals surface area contributed by atoms with Gasteiger partial charge in [-0.05, 0) is 66.8 Å². The summed E-state index contributed by atoms with van der Waals surface area (Å²) < 4.78 is 51.6. The predicted octanol–water partition coefficient (Wildman–Crippen LogP) is 4.98. The summed E-state index contributed by atoms with van der Waals surface area (Å²) in [7, 11) is 1.18. The summed E-state index contributed by atoms with van der Waals surface area (Å²) in [6.07, 6.45) is -0.0892. The molecule has 0 saturated heterocycles. The molecule has 2 aromatic carbocycles. The van der Waals surface area contributed by atoms with Crippen molar-refractivity contribution in [1.29, 1.82) is 0 Å². The second kappa shape index (κ2) is 16.3. The highest BCUT2D eigenvalue weighted by atomic mass is 19.4. The lowest BCUT2D eigenvalue weighted by Gasteiger charge is -2.13. The molecule has 218 valence electrons. The molecule has 0 saturated carbocycles. The second-order valence-corrected chi connectivity index (χ2v) is 8.41. The van der Waals surface area contributed by atoms with Gasteiger partial charge >= 0.3 is 24.5 Å². The van der Waals surface area contributed by atoms with E-state index >= 15 is 0 Å². The number of allylic oxidation sites excluding steroid dienone is 2. The van der Waals surface area contributed by atoms with Crippen LogP contribution in [-0.4, -0.2) is 43.1 Å². The highest BCUT2D eigenvalue weighted by Crippen LogP contribution is 2.33. The van der Waals surface area contributed by atoms with Crippen LogP contribution in [0.3, 0.4) is 0 Å². The van der Waals surface area contributed by atoms with E-state index in [0.29, 0.717) is 0 Å². The normalized spacial score (nSPS) is 11.7. The van der Waals surface area contributed by atoms with Gasteiger partial charge in [0.1, 0.15) is 0 Å². The maximum atomic E-state index is 12.9. The molecule has 9 nitrogen and oxygen atoms in total. The number of hydrogen-bond acceptors (Lipinski definition) is 9. The summed E-state index contributed by atoms with van der Waals surface area (Å²) >= 11 is 0. The van der Waals surface area contributed by atoms with Crippen molar-refractivity contribution in [3.63, 3.8) is 0 Å². The molecule has 0 N–H and O–H groups in total. The molecule has 0 aromatic heterocycles. The van der Waals surface area contributed by atoms with Gasteiger partial charge in [0.15, 0.2) is 23.1 Å². The molecule has 0 fully saturated rings. The molecular formula is C29H27F3O9. The first-order valence-corrected chi connectivity index (χ1v) is 11.9. The molecule has 0 aliphatic rings. The van der Waals surface area contributed by atoms with E-state index in [-0.39, 0.29) is 24.6 Å². The van der Waals surface area contributed by atoms with Crippen LogP contribution in [0.15, 0.2) is 48.6 Å². The van der Waals surface area contributed by atoms with Crippen LogP contribution in [0.2, 0.25) is 0 Å². The SMILES string of the molecule is COC(=O)CCC(C(=O)/C=C/c1ccc(C)c(C)c1)C(=O)/C=C/c1ccc(OC(C)=O)c(OC(F)(F)F)c1.O=C=O. The summed E-state index contributed by atoms with van der Waals surface area (Å²) in [6.45, 7) is 4.89. The molecule has 41 heavy (non-hydrogen) atoms. The molecular weight excluding hydrogens is 549 g/mol. The van der Waals surface area contributed by atoms with Gasteiger partial charge < -0.3 is 14.2 Å². The van der Waals surface area contributed by atoms with Gasteiger partial charge in [-0.3, -0.25) is 19.2 Å². The number of alkyl halides is 3. The average molecular weight is 577 g/mol. The largest absolute Gasteiger partial charge is 0.573 e. The standard InChI is InChI=1S/C28H27F3O7.CO2/c1-17-5-6-20(15-18(17)2)7-11-23(33)22(10-14-27(35)36-4)24(34)12-8-21-9-13-25(37-19(3)32)26(16-21)38-28(29,30)31;2-1-3/h5-9,11-13,15-16,22H,10,14H2,1-4H3;/b11-7+,12-8+;. The molecule has 1 unspecified atom stereocenters. The van der Waals surface area contributed by atoms with Gasteiger partial charge in [0, 0.05) is 13.3 Å². The molecule has 0 heterocycles. The number of halogens is 3.